The number of rotatable bonds is 5. The Balaban J connectivity index is 1.11. The van der Waals surface area contributed by atoms with Crippen molar-refractivity contribution in [1.82, 2.24) is 9.88 Å². The number of piperidine rings is 1. The summed E-state index contributed by atoms with van der Waals surface area (Å²) in [7, 11) is 0. The lowest BCUT2D eigenvalue weighted by atomic mass is 9.94. The second-order valence-corrected chi connectivity index (χ2v) is 11.6. The van der Waals surface area contributed by atoms with E-state index in [1.165, 1.54) is 41.1 Å². The molecule has 0 atom stereocenters. The first-order valence-corrected chi connectivity index (χ1v) is 14.8. The lowest BCUT2D eigenvalue weighted by Gasteiger charge is -2.31. The number of nitrogens with one attached hydrogen (secondary N) is 1. The van der Waals surface area contributed by atoms with Crippen LogP contribution in [0.25, 0.3) is 21.4 Å². The van der Waals surface area contributed by atoms with Crippen LogP contribution >= 0.6 is 22.7 Å². The first-order valence-electron chi connectivity index (χ1n) is 13.0. The van der Waals surface area contributed by atoms with Crippen molar-refractivity contribution in [2.75, 3.05) is 18.4 Å². The summed E-state index contributed by atoms with van der Waals surface area (Å²) in [6, 6.07) is 13.4. The van der Waals surface area contributed by atoms with Crippen molar-refractivity contribution in [2.45, 2.75) is 24.9 Å². The van der Waals surface area contributed by atoms with Gasteiger partial charge in [-0.3, -0.25) is 14.4 Å². The third kappa shape index (κ3) is 5.47. The summed E-state index contributed by atoms with van der Waals surface area (Å²) in [6.45, 7) is 0.932. The highest BCUT2D eigenvalue weighted by atomic mass is 32.1. The van der Waals surface area contributed by atoms with Gasteiger partial charge in [-0.05, 0) is 53.6 Å². The number of carbonyl (C=O) groups is 2. The summed E-state index contributed by atoms with van der Waals surface area (Å²) < 4.78 is 44.9. The highest BCUT2D eigenvalue weighted by molar-refractivity contribution is 7.17. The highest BCUT2D eigenvalue weighted by Crippen LogP contribution is 2.34. The van der Waals surface area contributed by atoms with Gasteiger partial charge in [-0.1, -0.05) is 30.3 Å². The molecular weight excluding hydrogens is 587 g/mol. The monoisotopic (exact) mass is 609 g/mol. The molecule has 0 unspecified atom stereocenters. The highest BCUT2D eigenvalue weighted by Gasteiger charge is 2.31. The Morgan fingerprint density at radius 1 is 1.00 bits per heavy atom. The van der Waals surface area contributed by atoms with E-state index in [0.29, 0.717) is 52.9 Å². The van der Waals surface area contributed by atoms with Crippen LogP contribution in [-0.2, 0) is 6.18 Å². The van der Waals surface area contributed by atoms with Gasteiger partial charge in [0.25, 0.3) is 11.8 Å². The number of thiazole rings is 1. The third-order valence-corrected chi connectivity index (χ3v) is 9.10. The Morgan fingerprint density at radius 2 is 1.74 bits per heavy atom. The minimum Gasteiger partial charge on any atom is -0.461 e. The zero-order valence-corrected chi connectivity index (χ0v) is 23.4. The van der Waals surface area contributed by atoms with Crippen LogP contribution in [-0.4, -0.2) is 34.8 Å². The van der Waals surface area contributed by atoms with Crippen molar-refractivity contribution >= 4 is 50.5 Å². The summed E-state index contributed by atoms with van der Waals surface area (Å²) in [5.41, 5.74) is 1.18. The van der Waals surface area contributed by atoms with E-state index in [4.69, 9.17) is 4.42 Å². The molecule has 214 valence electrons. The average molecular weight is 610 g/mol. The molecule has 0 spiro atoms. The number of alkyl halides is 3. The van der Waals surface area contributed by atoms with Crippen LogP contribution in [0, 0.1) is 0 Å². The first kappa shape index (κ1) is 27.9. The maximum Gasteiger partial charge on any atom is 0.416 e. The van der Waals surface area contributed by atoms with Crippen LogP contribution in [0.5, 0.6) is 0 Å². The number of likely N-dealkylation sites (tertiary alicyclic amines) is 1. The maximum atomic E-state index is 13.5. The summed E-state index contributed by atoms with van der Waals surface area (Å²) in [6.07, 6.45) is -1.93. The van der Waals surface area contributed by atoms with Gasteiger partial charge in [0.15, 0.2) is 0 Å². The average Bonchev–Trinajstić information content (AvgIpc) is 3.69. The molecule has 1 fully saturated rings. The molecule has 2 amide bonds. The molecule has 4 heterocycles. The van der Waals surface area contributed by atoms with Gasteiger partial charge in [0.1, 0.15) is 27.9 Å². The van der Waals surface area contributed by atoms with E-state index in [9.17, 15) is 27.6 Å². The van der Waals surface area contributed by atoms with Crippen molar-refractivity contribution in [1.29, 1.82) is 0 Å². The number of benzene rings is 2. The van der Waals surface area contributed by atoms with Crippen LogP contribution in [0.2, 0.25) is 0 Å². The number of hydrogen-bond acceptors (Lipinski definition) is 7. The standard InChI is InChI=1S/C30H22F3N3O4S2/c31-30(32,33)19-7-5-17(6-8-19)20-3-1-2-4-21(20)29(39)36-12-9-18(10-13-36)28-35-23(16-42-28)27(38)34-22-15-40-24-11-14-41-26(24)25(22)37/h1-8,11,14-16,18H,9-10,12-13H2,(H,34,38). The number of amides is 2. The molecule has 3 aromatic heterocycles. The van der Waals surface area contributed by atoms with E-state index < -0.39 is 17.6 Å². The van der Waals surface area contributed by atoms with Crippen LogP contribution in [0.4, 0.5) is 18.9 Å². The zero-order valence-electron chi connectivity index (χ0n) is 21.8. The fraction of sp³-hybridized carbons (Fsp3) is 0.200. The van der Waals surface area contributed by atoms with Gasteiger partial charge in [0.05, 0.1) is 10.6 Å². The smallest absolute Gasteiger partial charge is 0.416 e. The molecule has 0 radical (unpaired) electrons. The van der Waals surface area contributed by atoms with Gasteiger partial charge in [-0.15, -0.1) is 22.7 Å². The topological polar surface area (TPSA) is 92.5 Å². The van der Waals surface area contributed by atoms with E-state index in [-0.39, 0.29) is 28.6 Å². The quantitative estimate of drug-likeness (QED) is 0.226. The van der Waals surface area contributed by atoms with Crippen LogP contribution in [0.1, 0.15) is 50.2 Å². The molecule has 1 aliphatic heterocycles. The molecule has 1 N–H and O–H groups in total. The SMILES string of the molecule is O=C(Nc1coc2ccsc2c1=O)c1csc(C2CCN(C(=O)c3ccccc3-c3ccc(C(F)(F)F)cc3)CC2)n1. The van der Waals surface area contributed by atoms with Gasteiger partial charge in [0, 0.05) is 30.0 Å². The van der Waals surface area contributed by atoms with E-state index >= 15 is 0 Å². The summed E-state index contributed by atoms with van der Waals surface area (Å²) in [4.78, 5) is 45.1. The molecule has 7 nitrogen and oxygen atoms in total. The lowest BCUT2D eigenvalue weighted by molar-refractivity contribution is -0.137. The molecule has 1 aliphatic rings. The maximum absolute atomic E-state index is 13.5. The predicted octanol–water partition coefficient (Wildman–Crippen LogP) is 7.27. The fourth-order valence-corrected chi connectivity index (χ4v) is 6.71. The Morgan fingerprint density at radius 3 is 2.48 bits per heavy atom. The van der Waals surface area contributed by atoms with E-state index in [0.717, 1.165) is 17.1 Å². The summed E-state index contributed by atoms with van der Waals surface area (Å²) >= 11 is 2.60. The number of hydrogen-bond donors (Lipinski definition) is 1. The Kier molecular flexibility index (Phi) is 7.42. The fourth-order valence-electron chi connectivity index (χ4n) is 4.97. The molecule has 0 aliphatic carbocycles. The lowest BCUT2D eigenvalue weighted by Crippen LogP contribution is -2.38. The van der Waals surface area contributed by atoms with Crippen molar-refractivity contribution < 1.29 is 27.2 Å². The van der Waals surface area contributed by atoms with Gasteiger partial charge in [0.2, 0.25) is 5.43 Å². The molecular formula is C30H22F3N3O4S2. The number of aromatic nitrogens is 1. The van der Waals surface area contributed by atoms with Crippen molar-refractivity contribution in [3.8, 4) is 11.1 Å². The third-order valence-electron chi connectivity index (χ3n) is 7.20. The largest absolute Gasteiger partial charge is 0.461 e. The van der Waals surface area contributed by atoms with E-state index in [2.05, 4.69) is 10.3 Å². The number of fused-ring (bicyclic) bond motifs is 1. The molecule has 1 saturated heterocycles. The minimum atomic E-state index is -4.43. The van der Waals surface area contributed by atoms with Crippen LogP contribution in [0.3, 0.4) is 0 Å². The second-order valence-electron chi connectivity index (χ2n) is 9.80. The van der Waals surface area contributed by atoms with Gasteiger partial charge in [-0.2, -0.15) is 13.2 Å². The first-order chi connectivity index (χ1) is 20.2. The molecule has 12 heteroatoms. The van der Waals surface area contributed by atoms with E-state index in [1.807, 2.05) is 0 Å². The number of carbonyl (C=O) groups excluding carboxylic acids is 2. The second kappa shape index (κ2) is 11.2. The molecule has 5 aromatic rings. The molecule has 2 aromatic carbocycles. The molecule has 0 bridgehead atoms. The number of thiophene rings is 1. The summed E-state index contributed by atoms with van der Waals surface area (Å²) in [5, 5.41) is 6.75. The normalized spacial score (nSPS) is 14.3. The Labute approximate surface area is 245 Å². The number of halogens is 3. The van der Waals surface area contributed by atoms with Crippen molar-refractivity contribution in [3.05, 3.63) is 104 Å². The minimum absolute atomic E-state index is 0.0490. The van der Waals surface area contributed by atoms with Gasteiger partial charge >= 0.3 is 6.18 Å². The molecule has 42 heavy (non-hydrogen) atoms. The predicted molar refractivity (Wildman–Crippen MR) is 155 cm³/mol. The van der Waals surface area contributed by atoms with Crippen LogP contribution in [0.15, 0.2) is 80.8 Å². The Bertz CT molecular complexity index is 1830. The van der Waals surface area contributed by atoms with Crippen LogP contribution < -0.4 is 10.7 Å². The number of anilines is 1. The number of nitrogens with zero attached hydrogens (tertiary/aromatic N) is 2. The van der Waals surface area contributed by atoms with Crippen molar-refractivity contribution in [3.63, 3.8) is 0 Å². The van der Waals surface area contributed by atoms with E-state index in [1.54, 1.807) is 46.0 Å². The van der Waals surface area contributed by atoms with Gasteiger partial charge < -0.3 is 14.6 Å². The molecule has 0 saturated carbocycles. The zero-order chi connectivity index (χ0) is 29.4. The van der Waals surface area contributed by atoms with Gasteiger partial charge in [-0.25, -0.2) is 4.98 Å². The Hall–Kier alpha value is -4.29. The molecule has 6 rings (SSSR count). The summed E-state index contributed by atoms with van der Waals surface area (Å²) in [5.74, 6) is -0.642. The van der Waals surface area contributed by atoms with Crippen molar-refractivity contribution in [2.24, 2.45) is 0 Å².